The topological polar surface area (TPSA) is 69.7 Å². The first kappa shape index (κ1) is 30.6. The maximum atomic E-state index is 14.5. The second kappa shape index (κ2) is 10.5. The van der Waals surface area contributed by atoms with Crippen molar-refractivity contribution in [1.29, 1.82) is 0 Å². The van der Waals surface area contributed by atoms with Gasteiger partial charge in [0.25, 0.3) is 0 Å². The minimum absolute atomic E-state index is 0.0304. The highest BCUT2D eigenvalue weighted by atomic mass is 16.5. The van der Waals surface area contributed by atoms with E-state index in [1.54, 1.807) is 0 Å². The van der Waals surface area contributed by atoms with E-state index in [-0.39, 0.29) is 63.6 Å². The molecule has 0 aromatic carbocycles. The Morgan fingerprint density at radius 1 is 0.897 bits per heavy atom. The first-order chi connectivity index (χ1) is 18.0. The highest BCUT2D eigenvalue weighted by Gasteiger charge is 2.72. The lowest BCUT2D eigenvalue weighted by atomic mass is 9.37. The van der Waals surface area contributed by atoms with E-state index in [0.29, 0.717) is 24.0 Å². The van der Waals surface area contributed by atoms with Crippen LogP contribution in [0.5, 0.6) is 0 Å². The van der Waals surface area contributed by atoms with Crippen LogP contribution in [0.25, 0.3) is 0 Å². The zero-order valence-corrected chi connectivity index (χ0v) is 26.5. The average Bonchev–Trinajstić information content (AvgIpc) is 3.07. The second-order valence-electron chi connectivity index (χ2n) is 15.8. The van der Waals surface area contributed by atoms with Gasteiger partial charge in [0.1, 0.15) is 18.0 Å². The van der Waals surface area contributed by atoms with Crippen molar-refractivity contribution < 1.29 is 23.9 Å². The van der Waals surface area contributed by atoms with E-state index in [0.717, 1.165) is 38.0 Å². The first-order valence-electron chi connectivity index (χ1n) is 15.9. The van der Waals surface area contributed by atoms with Crippen LogP contribution in [0, 0.1) is 57.2 Å². The summed E-state index contributed by atoms with van der Waals surface area (Å²) in [5.41, 5.74) is -0.668. The van der Waals surface area contributed by atoms with Gasteiger partial charge in [0.2, 0.25) is 0 Å². The number of fused-ring (bicyclic) bond motifs is 5. The summed E-state index contributed by atoms with van der Waals surface area (Å²) in [5.74, 6) is 1.71. The highest BCUT2D eigenvalue weighted by molar-refractivity contribution is 5.85. The van der Waals surface area contributed by atoms with Crippen molar-refractivity contribution in [2.45, 2.75) is 139 Å². The Bertz CT molecular complexity index is 969. The molecule has 0 aromatic rings. The summed E-state index contributed by atoms with van der Waals surface area (Å²) >= 11 is 0. The Morgan fingerprint density at radius 2 is 1.54 bits per heavy atom. The molecule has 0 saturated heterocycles. The van der Waals surface area contributed by atoms with Crippen molar-refractivity contribution >= 4 is 17.7 Å². The van der Waals surface area contributed by atoms with Gasteiger partial charge in [0.05, 0.1) is 0 Å². The SMILES string of the molecule is CC(=O)O[C@H]1CC[C@]2(C)C3C(=O)C[C@]4(C)C(C(C)CCCC(C)C)CCC4(C)C3[C@H](OC(C)=O)CC2C1(C)C. The van der Waals surface area contributed by atoms with Crippen LogP contribution in [-0.2, 0) is 23.9 Å². The third kappa shape index (κ3) is 4.90. The van der Waals surface area contributed by atoms with Crippen LogP contribution in [0.4, 0.5) is 0 Å². The van der Waals surface area contributed by atoms with Crippen LogP contribution in [0.3, 0.4) is 0 Å². The van der Waals surface area contributed by atoms with Crippen molar-refractivity contribution in [1.82, 2.24) is 0 Å². The third-order valence-electron chi connectivity index (χ3n) is 12.9. The summed E-state index contributed by atoms with van der Waals surface area (Å²) in [6, 6.07) is 0. The molecule has 10 atom stereocenters. The fourth-order valence-electron chi connectivity index (χ4n) is 10.9. The third-order valence-corrected chi connectivity index (χ3v) is 12.9. The number of ketones is 1. The molecule has 0 bridgehead atoms. The van der Waals surface area contributed by atoms with Gasteiger partial charge >= 0.3 is 11.9 Å². The highest BCUT2D eigenvalue weighted by Crippen LogP contribution is 2.74. The molecule has 5 heteroatoms. The van der Waals surface area contributed by atoms with Crippen LogP contribution >= 0.6 is 0 Å². The first-order valence-corrected chi connectivity index (χ1v) is 15.9. The van der Waals surface area contributed by atoms with E-state index in [1.165, 1.54) is 33.1 Å². The van der Waals surface area contributed by atoms with E-state index in [1.807, 2.05) is 0 Å². The molecule has 0 heterocycles. The van der Waals surface area contributed by atoms with E-state index in [9.17, 15) is 14.4 Å². The molecule has 6 unspecified atom stereocenters. The Balaban J connectivity index is 1.73. The Kier molecular flexibility index (Phi) is 8.20. The number of Topliss-reactive ketones (excluding diaryl/α,β-unsaturated/α-hetero) is 1. The van der Waals surface area contributed by atoms with E-state index >= 15 is 0 Å². The molecular weight excluding hydrogens is 488 g/mol. The van der Waals surface area contributed by atoms with Crippen molar-refractivity contribution in [3.05, 3.63) is 0 Å². The number of ether oxygens (including phenoxy) is 2. The number of carbonyl (C=O) groups excluding carboxylic acids is 3. The summed E-state index contributed by atoms with van der Waals surface area (Å²) in [6.45, 7) is 21.6. The fraction of sp³-hybridized carbons (Fsp3) is 0.912. The van der Waals surface area contributed by atoms with Crippen molar-refractivity contribution in [2.24, 2.45) is 57.2 Å². The van der Waals surface area contributed by atoms with Crippen LogP contribution in [0.15, 0.2) is 0 Å². The lowest BCUT2D eigenvalue weighted by Crippen LogP contribution is -2.68. The smallest absolute Gasteiger partial charge is 0.302 e. The van der Waals surface area contributed by atoms with E-state index in [4.69, 9.17) is 9.47 Å². The van der Waals surface area contributed by atoms with Gasteiger partial charge < -0.3 is 9.47 Å². The van der Waals surface area contributed by atoms with Gasteiger partial charge in [-0.05, 0) is 72.0 Å². The number of rotatable bonds is 7. The van der Waals surface area contributed by atoms with Gasteiger partial charge in [-0.25, -0.2) is 0 Å². The minimum Gasteiger partial charge on any atom is -0.462 e. The monoisotopic (exact) mass is 544 g/mol. The molecule has 39 heavy (non-hydrogen) atoms. The summed E-state index contributed by atoms with van der Waals surface area (Å²) in [5, 5.41) is 0. The lowest BCUT2D eigenvalue weighted by Gasteiger charge is -2.67. The Labute approximate surface area is 237 Å². The normalized spacial score (nSPS) is 43.7. The molecule has 5 nitrogen and oxygen atoms in total. The van der Waals surface area contributed by atoms with Gasteiger partial charge in [0, 0.05) is 37.5 Å². The zero-order valence-electron chi connectivity index (χ0n) is 26.5. The number of hydrogen-bond acceptors (Lipinski definition) is 5. The summed E-state index contributed by atoms with van der Waals surface area (Å²) < 4.78 is 12.1. The lowest BCUT2D eigenvalue weighted by molar-refractivity contribution is -0.236. The summed E-state index contributed by atoms with van der Waals surface area (Å²) in [6.07, 6.45) is 8.49. The van der Waals surface area contributed by atoms with Gasteiger partial charge in [-0.15, -0.1) is 0 Å². The van der Waals surface area contributed by atoms with E-state index < -0.39 is 0 Å². The molecule has 4 rings (SSSR count). The molecule has 4 saturated carbocycles. The van der Waals surface area contributed by atoms with Crippen molar-refractivity contribution in [3.8, 4) is 0 Å². The fourth-order valence-corrected chi connectivity index (χ4v) is 10.9. The zero-order chi connectivity index (χ0) is 29.1. The molecule has 222 valence electrons. The van der Waals surface area contributed by atoms with Gasteiger partial charge in [-0.1, -0.05) is 74.7 Å². The van der Waals surface area contributed by atoms with Crippen molar-refractivity contribution in [2.75, 3.05) is 0 Å². The summed E-state index contributed by atoms with van der Waals surface area (Å²) in [7, 11) is 0. The van der Waals surface area contributed by atoms with Gasteiger partial charge in [0.15, 0.2) is 0 Å². The van der Waals surface area contributed by atoms with Crippen molar-refractivity contribution in [3.63, 3.8) is 0 Å². The van der Waals surface area contributed by atoms with Gasteiger partial charge in [-0.2, -0.15) is 0 Å². The molecule has 0 spiro atoms. The molecule has 0 aliphatic heterocycles. The Hall–Kier alpha value is -1.39. The molecule has 4 aliphatic carbocycles. The predicted octanol–water partition coefficient (Wildman–Crippen LogP) is 7.79. The molecule has 0 radical (unpaired) electrons. The van der Waals surface area contributed by atoms with Crippen LogP contribution in [0.2, 0.25) is 0 Å². The second-order valence-corrected chi connectivity index (χ2v) is 15.8. The molecule has 0 aromatic heterocycles. The quantitative estimate of drug-likeness (QED) is 0.306. The molecular formula is C34H56O5. The maximum absolute atomic E-state index is 14.5. The summed E-state index contributed by atoms with van der Waals surface area (Å²) in [4.78, 5) is 39.0. The van der Waals surface area contributed by atoms with Crippen LogP contribution < -0.4 is 0 Å². The largest absolute Gasteiger partial charge is 0.462 e. The number of esters is 2. The van der Waals surface area contributed by atoms with Crippen LogP contribution in [0.1, 0.15) is 127 Å². The molecule has 0 N–H and O–H groups in total. The maximum Gasteiger partial charge on any atom is 0.302 e. The number of carbonyl (C=O) groups is 3. The Morgan fingerprint density at radius 3 is 2.13 bits per heavy atom. The minimum atomic E-state index is -0.312. The standard InChI is InChI=1S/C34H56O5/c1-20(2)12-11-13-21(3)24-14-17-33(9)30-26(38-22(4)35)18-27-31(6,7)28(39-23(5)36)15-16-32(27,8)29(30)25(37)19-34(24,33)10/h20-21,24,26-30H,11-19H2,1-10H3/t21?,24?,26-,27?,28+,29?,30?,32+,33?,34-/m1/s1. The van der Waals surface area contributed by atoms with E-state index in [2.05, 4.69) is 55.4 Å². The number of hydrogen-bond donors (Lipinski definition) is 0. The average molecular weight is 545 g/mol. The molecule has 4 fully saturated rings. The molecule has 0 amide bonds. The van der Waals surface area contributed by atoms with Crippen LogP contribution in [-0.4, -0.2) is 29.9 Å². The predicted molar refractivity (Wildman–Crippen MR) is 154 cm³/mol. The van der Waals surface area contributed by atoms with Gasteiger partial charge in [-0.3, -0.25) is 14.4 Å². The molecule has 4 aliphatic rings.